The van der Waals surface area contributed by atoms with Gasteiger partial charge in [-0.3, -0.25) is 0 Å². The van der Waals surface area contributed by atoms with Crippen LogP contribution in [0, 0.1) is 5.92 Å². The standard InChI is InChI=1S/C23H37N3O3.HI/c1-3-24-23(26(2)12-15-28-17-20-8-9-20)25-16-19-4-6-21(7-5-19)18-29-22-10-13-27-14-11-22;/h4-7,20,22H,3,8-18H2,1-2H3,(H,24,25);1H. The molecule has 30 heavy (non-hydrogen) atoms. The minimum absolute atomic E-state index is 0. The molecule has 7 heteroatoms. The number of nitrogens with one attached hydrogen (secondary N) is 1. The van der Waals surface area contributed by atoms with E-state index in [9.17, 15) is 0 Å². The SMILES string of the molecule is CCNC(=NCc1ccc(COC2CCOCC2)cc1)N(C)CCOCC1CC1.I. The summed E-state index contributed by atoms with van der Waals surface area (Å²) in [5.41, 5.74) is 2.41. The predicted octanol–water partition coefficient (Wildman–Crippen LogP) is 3.82. The second-order valence-electron chi connectivity index (χ2n) is 8.05. The zero-order chi connectivity index (χ0) is 20.3. The molecule has 1 N–H and O–H groups in total. The van der Waals surface area contributed by atoms with E-state index in [2.05, 4.69) is 48.5 Å². The van der Waals surface area contributed by atoms with Crippen LogP contribution in [0.1, 0.15) is 43.7 Å². The largest absolute Gasteiger partial charge is 0.381 e. The van der Waals surface area contributed by atoms with Crippen LogP contribution in [0.4, 0.5) is 0 Å². The highest BCUT2D eigenvalue weighted by Gasteiger charge is 2.21. The van der Waals surface area contributed by atoms with Gasteiger partial charge in [0.25, 0.3) is 0 Å². The lowest BCUT2D eigenvalue weighted by atomic mass is 10.1. The lowest BCUT2D eigenvalue weighted by Gasteiger charge is -2.22. The number of nitrogens with zero attached hydrogens (tertiary/aromatic N) is 2. The first-order chi connectivity index (χ1) is 14.2. The van der Waals surface area contributed by atoms with Crippen LogP contribution in [-0.4, -0.2) is 63.5 Å². The highest BCUT2D eigenvalue weighted by molar-refractivity contribution is 14.0. The molecular weight excluding hydrogens is 493 g/mol. The number of likely N-dealkylation sites (N-methyl/N-ethyl adjacent to an activating group) is 1. The van der Waals surface area contributed by atoms with Crippen LogP contribution in [-0.2, 0) is 27.4 Å². The Morgan fingerprint density at radius 3 is 2.50 bits per heavy atom. The molecule has 1 aliphatic carbocycles. The Labute approximate surface area is 198 Å². The van der Waals surface area contributed by atoms with Crippen molar-refractivity contribution in [3.8, 4) is 0 Å². The van der Waals surface area contributed by atoms with Gasteiger partial charge in [0.15, 0.2) is 5.96 Å². The summed E-state index contributed by atoms with van der Waals surface area (Å²) in [5.74, 6) is 1.74. The van der Waals surface area contributed by atoms with Gasteiger partial charge in [0.1, 0.15) is 0 Å². The van der Waals surface area contributed by atoms with E-state index in [1.54, 1.807) is 0 Å². The summed E-state index contributed by atoms with van der Waals surface area (Å²) in [6.45, 7) is 8.42. The Morgan fingerprint density at radius 2 is 1.83 bits per heavy atom. The average Bonchev–Trinajstić information content (AvgIpc) is 3.58. The maximum atomic E-state index is 6.00. The van der Waals surface area contributed by atoms with Gasteiger partial charge in [-0.15, -0.1) is 24.0 Å². The Morgan fingerprint density at radius 1 is 1.13 bits per heavy atom. The summed E-state index contributed by atoms with van der Waals surface area (Å²) in [4.78, 5) is 6.94. The summed E-state index contributed by atoms with van der Waals surface area (Å²) in [5, 5.41) is 3.37. The topological polar surface area (TPSA) is 55.3 Å². The first-order valence-electron chi connectivity index (χ1n) is 11.1. The summed E-state index contributed by atoms with van der Waals surface area (Å²) >= 11 is 0. The molecule has 0 radical (unpaired) electrons. The monoisotopic (exact) mass is 531 g/mol. The number of hydrogen-bond acceptors (Lipinski definition) is 4. The second-order valence-corrected chi connectivity index (χ2v) is 8.05. The molecule has 1 aromatic rings. The van der Waals surface area contributed by atoms with Gasteiger partial charge in [0, 0.05) is 40.0 Å². The number of aliphatic imine (C=N–C) groups is 1. The van der Waals surface area contributed by atoms with Crippen molar-refractivity contribution in [3.63, 3.8) is 0 Å². The quantitative estimate of drug-likeness (QED) is 0.204. The van der Waals surface area contributed by atoms with Crippen LogP contribution in [0.5, 0.6) is 0 Å². The molecule has 1 aromatic carbocycles. The Balaban J connectivity index is 0.00000320. The zero-order valence-corrected chi connectivity index (χ0v) is 20.8. The normalized spacial score (nSPS) is 17.5. The molecule has 3 rings (SSSR count). The molecule has 6 nitrogen and oxygen atoms in total. The van der Waals surface area contributed by atoms with Gasteiger partial charge in [-0.1, -0.05) is 24.3 Å². The summed E-state index contributed by atoms with van der Waals surface area (Å²) < 4.78 is 17.1. The highest BCUT2D eigenvalue weighted by atomic mass is 127. The van der Waals surface area contributed by atoms with Gasteiger partial charge in [0.2, 0.25) is 0 Å². The molecule has 0 spiro atoms. The third-order valence-electron chi connectivity index (χ3n) is 5.41. The van der Waals surface area contributed by atoms with Crippen molar-refractivity contribution >= 4 is 29.9 Å². The smallest absolute Gasteiger partial charge is 0.194 e. The molecule has 0 atom stereocenters. The van der Waals surface area contributed by atoms with Gasteiger partial charge >= 0.3 is 0 Å². The second kappa shape index (κ2) is 14.2. The van der Waals surface area contributed by atoms with Crippen LogP contribution in [0.25, 0.3) is 0 Å². The van der Waals surface area contributed by atoms with Crippen LogP contribution >= 0.6 is 24.0 Å². The van der Waals surface area contributed by atoms with Crippen LogP contribution in [0.3, 0.4) is 0 Å². The summed E-state index contributed by atoms with van der Waals surface area (Å²) in [6, 6.07) is 8.59. The van der Waals surface area contributed by atoms with E-state index in [1.165, 1.54) is 24.0 Å². The number of halogens is 1. The molecule has 0 aromatic heterocycles. The van der Waals surface area contributed by atoms with Crippen molar-refractivity contribution in [3.05, 3.63) is 35.4 Å². The van der Waals surface area contributed by atoms with Crippen molar-refractivity contribution < 1.29 is 14.2 Å². The molecular formula is C23H38IN3O3. The van der Waals surface area contributed by atoms with E-state index in [1.807, 2.05) is 0 Å². The number of guanidine groups is 1. The fourth-order valence-electron chi connectivity index (χ4n) is 3.28. The van der Waals surface area contributed by atoms with Gasteiger partial charge < -0.3 is 24.4 Å². The van der Waals surface area contributed by atoms with Crippen LogP contribution in [0.2, 0.25) is 0 Å². The molecule has 0 bridgehead atoms. The van der Waals surface area contributed by atoms with Crippen LogP contribution in [0.15, 0.2) is 29.3 Å². The predicted molar refractivity (Wildman–Crippen MR) is 131 cm³/mol. The van der Waals surface area contributed by atoms with E-state index in [4.69, 9.17) is 19.2 Å². The van der Waals surface area contributed by atoms with Gasteiger partial charge in [0.05, 0.1) is 25.9 Å². The number of benzene rings is 1. The summed E-state index contributed by atoms with van der Waals surface area (Å²) in [6.07, 6.45) is 5.00. The minimum atomic E-state index is 0. The summed E-state index contributed by atoms with van der Waals surface area (Å²) in [7, 11) is 2.07. The molecule has 1 heterocycles. The molecule has 2 fully saturated rings. The lowest BCUT2D eigenvalue weighted by molar-refractivity contribution is -0.0390. The molecule has 1 saturated heterocycles. The van der Waals surface area contributed by atoms with Crippen LogP contribution < -0.4 is 5.32 Å². The van der Waals surface area contributed by atoms with Crippen molar-refractivity contribution in [1.29, 1.82) is 0 Å². The van der Waals surface area contributed by atoms with Gasteiger partial charge in [-0.2, -0.15) is 0 Å². The van der Waals surface area contributed by atoms with Crippen molar-refractivity contribution in [1.82, 2.24) is 10.2 Å². The highest BCUT2D eigenvalue weighted by Crippen LogP contribution is 2.28. The van der Waals surface area contributed by atoms with Crippen molar-refractivity contribution in [2.75, 3.05) is 46.6 Å². The fraction of sp³-hybridized carbons (Fsp3) is 0.696. The van der Waals surface area contributed by atoms with E-state index >= 15 is 0 Å². The number of hydrogen-bond donors (Lipinski definition) is 1. The van der Waals surface area contributed by atoms with Crippen molar-refractivity contribution in [2.24, 2.45) is 10.9 Å². The number of ether oxygens (including phenoxy) is 3. The number of rotatable bonds is 11. The zero-order valence-electron chi connectivity index (χ0n) is 18.5. The first kappa shape index (κ1) is 25.4. The third kappa shape index (κ3) is 9.49. The first-order valence-corrected chi connectivity index (χ1v) is 11.1. The van der Waals surface area contributed by atoms with Crippen molar-refractivity contribution in [2.45, 2.75) is 51.9 Å². The fourth-order valence-corrected chi connectivity index (χ4v) is 3.28. The lowest BCUT2D eigenvalue weighted by Crippen LogP contribution is -2.40. The third-order valence-corrected chi connectivity index (χ3v) is 5.41. The van der Waals surface area contributed by atoms with E-state index in [0.29, 0.717) is 19.3 Å². The Kier molecular flexibility index (Phi) is 12.0. The molecule has 1 aliphatic heterocycles. The average molecular weight is 531 g/mol. The molecule has 0 amide bonds. The van der Waals surface area contributed by atoms with E-state index in [0.717, 1.165) is 64.2 Å². The minimum Gasteiger partial charge on any atom is -0.381 e. The van der Waals surface area contributed by atoms with E-state index in [-0.39, 0.29) is 24.0 Å². The van der Waals surface area contributed by atoms with E-state index < -0.39 is 0 Å². The molecule has 2 aliphatic rings. The van der Waals surface area contributed by atoms with Gasteiger partial charge in [-0.05, 0) is 49.7 Å². The maximum Gasteiger partial charge on any atom is 0.194 e. The Hall–Kier alpha value is -0.900. The molecule has 0 unspecified atom stereocenters. The Bertz CT molecular complexity index is 617. The molecule has 170 valence electrons. The maximum absolute atomic E-state index is 6.00. The van der Waals surface area contributed by atoms with Gasteiger partial charge in [-0.25, -0.2) is 4.99 Å². The molecule has 1 saturated carbocycles.